The summed E-state index contributed by atoms with van der Waals surface area (Å²) in [5, 5.41) is 0. The quantitative estimate of drug-likeness (QED) is 0.451. The zero-order valence-electron chi connectivity index (χ0n) is 20.8. The SMILES string of the molecule is CC.Cc1ccc(Oc2ccc(COc3cc(N4CCOCC4)n(C)c(=O)n3)cc2)cc1C(F)(F)F. The van der Waals surface area contributed by atoms with E-state index in [0.29, 0.717) is 37.9 Å². The highest BCUT2D eigenvalue weighted by atomic mass is 19.4. The van der Waals surface area contributed by atoms with Crippen LogP contribution in [-0.2, 0) is 24.6 Å². The Morgan fingerprint density at radius 2 is 1.64 bits per heavy atom. The molecule has 4 rings (SSSR count). The number of rotatable bonds is 6. The van der Waals surface area contributed by atoms with Crippen molar-refractivity contribution in [2.24, 2.45) is 7.05 Å². The third-order valence-electron chi connectivity index (χ3n) is 5.48. The van der Waals surface area contributed by atoms with Gasteiger partial charge in [-0.15, -0.1) is 0 Å². The molecular formula is C26H30F3N3O4. The minimum Gasteiger partial charge on any atom is -0.473 e. The Hall–Kier alpha value is -3.53. The largest absolute Gasteiger partial charge is 0.473 e. The molecule has 7 nitrogen and oxygen atoms in total. The second kappa shape index (κ2) is 11.9. The fourth-order valence-corrected chi connectivity index (χ4v) is 3.59. The maximum Gasteiger partial charge on any atom is 0.416 e. The molecule has 0 saturated carbocycles. The molecule has 1 fully saturated rings. The van der Waals surface area contributed by atoms with Crippen molar-refractivity contribution in [2.45, 2.75) is 33.6 Å². The van der Waals surface area contributed by atoms with Crippen LogP contribution in [-0.4, -0.2) is 35.9 Å². The summed E-state index contributed by atoms with van der Waals surface area (Å²) < 4.78 is 57.5. The van der Waals surface area contributed by atoms with Crippen LogP contribution in [0.1, 0.15) is 30.5 Å². The van der Waals surface area contributed by atoms with Crippen LogP contribution in [0.15, 0.2) is 53.3 Å². The number of ether oxygens (including phenoxy) is 3. The van der Waals surface area contributed by atoms with Crippen LogP contribution < -0.4 is 20.1 Å². The number of halogens is 3. The highest BCUT2D eigenvalue weighted by Gasteiger charge is 2.32. The van der Waals surface area contributed by atoms with Crippen molar-refractivity contribution in [3.05, 3.63) is 75.7 Å². The number of nitrogens with zero attached hydrogens (tertiary/aromatic N) is 3. The molecule has 1 aliphatic heterocycles. The smallest absolute Gasteiger partial charge is 0.416 e. The summed E-state index contributed by atoms with van der Waals surface area (Å²) in [6.07, 6.45) is -4.45. The second-order valence-corrected chi connectivity index (χ2v) is 7.90. The van der Waals surface area contributed by atoms with Gasteiger partial charge in [-0.3, -0.25) is 4.57 Å². The molecule has 3 aromatic rings. The molecule has 0 unspecified atom stereocenters. The van der Waals surface area contributed by atoms with Crippen molar-refractivity contribution < 1.29 is 27.4 Å². The molecule has 0 radical (unpaired) electrons. The molecule has 2 aromatic carbocycles. The lowest BCUT2D eigenvalue weighted by molar-refractivity contribution is -0.138. The van der Waals surface area contributed by atoms with Gasteiger partial charge in [-0.05, 0) is 42.3 Å². The molecule has 0 N–H and O–H groups in total. The van der Waals surface area contributed by atoms with Crippen molar-refractivity contribution in [3.8, 4) is 17.4 Å². The summed E-state index contributed by atoms with van der Waals surface area (Å²) in [5.74, 6) is 1.41. The van der Waals surface area contributed by atoms with Gasteiger partial charge in [0.2, 0.25) is 5.88 Å². The maximum atomic E-state index is 13.1. The van der Waals surface area contributed by atoms with Crippen LogP contribution in [0, 0.1) is 6.92 Å². The number of aryl methyl sites for hydroxylation is 1. The third kappa shape index (κ3) is 6.78. The summed E-state index contributed by atoms with van der Waals surface area (Å²) in [6, 6.07) is 12.3. The van der Waals surface area contributed by atoms with E-state index in [1.54, 1.807) is 37.4 Å². The Balaban J connectivity index is 0.00000176. The molecule has 1 aliphatic rings. The monoisotopic (exact) mass is 505 g/mol. The Labute approximate surface area is 208 Å². The first-order chi connectivity index (χ1) is 17.2. The predicted octanol–water partition coefficient (Wildman–Crippen LogP) is 5.34. The molecular weight excluding hydrogens is 475 g/mol. The minimum atomic E-state index is -4.45. The van der Waals surface area contributed by atoms with Gasteiger partial charge < -0.3 is 19.1 Å². The van der Waals surface area contributed by atoms with Gasteiger partial charge in [-0.2, -0.15) is 18.2 Å². The van der Waals surface area contributed by atoms with Crippen LogP contribution in [0.4, 0.5) is 19.0 Å². The molecule has 2 heterocycles. The zero-order chi connectivity index (χ0) is 26.3. The molecule has 0 amide bonds. The fraction of sp³-hybridized carbons (Fsp3) is 0.385. The summed E-state index contributed by atoms with van der Waals surface area (Å²) in [4.78, 5) is 18.3. The van der Waals surface area contributed by atoms with E-state index < -0.39 is 17.4 Å². The highest BCUT2D eigenvalue weighted by molar-refractivity contribution is 5.43. The molecule has 0 spiro atoms. The third-order valence-corrected chi connectivity index (χ3v) is 5.48. The second-order valence-electron chi connectivity index (χ2n) is 7.90. The molecule has 10 heteroatoms. The summed E-state index contributed by atoms with van der Waals surface area (Å²) in [7, 11) is 1.66. The van der Waals surface area contributed by atoms with Gasteiger partial charge in [-0.1, -0.05) is 32.0 Å². The molecule has 0 atom stereocenters. The first-order valence-electron chi connectivity index (χ1n) is 11.7. The van der Waals surface area contributed by atoms with E-state index in [2.05, 4.69) is 4.98 Å². The lowest BCUT2D eigenvalue weighted by Gasteiger charge is -2.29. The van der Waals surface area contributed by atoms with E-state index in [1.165, 1.54) is 23.6 Å². The topological polar surface area (TPSA) is 65.8 Å². The van der Waals surface area contributed by atoms with Gasteiger partial charge in [0.25, 0.3) is 0 Å². The lowest BCUT2D eigenvalue weighted by Crippen LogP contribution is -2.39. The van der Waals surface area contributed by atoms with E-state index in [-0.39, 0.29) is 23.8 Å². The van der Waals surface area contributed by atoms with Crippen LogP contribution in [0.3, 0.4) is 0 Å². The summed E-state index contributed by atoms with van der Waals surface area (Å²) in [5.41, 5.74) is -0.233. The minimum absolute atomic E-state index is 0.0990. The number of benzene rings is 2. The normalized spacial score (nSPS) is 13.6. The Kier molecular flexibility index (Phi) is 8.98. The van der Waals surface area contributed by atoms with Crippen LogP contribution in [0.2, 0.25) is 0 Å². The van der Waals surface area contributed by atoms with Gasteiger partial charge in [0.15, 0.2) is 0 Å². The molecule has 0 aliphatic carbocycles. The van der Waals surface area contributed by atoms with Crippen LogP contribution in [0.5, 0.6) is 17.4 Å². The summed E-state index contributed by atoms with van der Waals surface area (Å²) >= 11 is 0. The lowest BCUT2D eigenvalue weighted by atomic mass is 10.1. The highest BCUT2D eigenvalue weighted by Crippen LogP contribution is 2.35. The zero-order valence-corrected chi connectivity index (χ0v) is 20.8. The molecule has 0 bridgehead atoms. The number of aromatic nitrogens is 2. The van der Waals surface area contributed by atoms with Crippen molar-refractivity contribution >= 4 is 5.82 Å². The van der Waals surface area contributed by atoms with Crippen LogP contribution in [0.25, 0.3) is 0 Å². The van der Waals surface area contributed by atoms with Gasteiger partial charge in [0.05, 0.1) is 18.8 Å². The van der Waals surface area contributed by atoms with E-state index >= 15 is 0 Å². The number of anilines is 1. The predicted molar refractivity (Wildman–Crippen MR) is 131 cm³/mol. The van der Waals surface area contributed by atoms with Gasteiger partial charge >= 0.3 is 11.9 Å². The number of morpholine rings is 1. The van der Waals surface area contributed by atoms with Gasteiger partial charge in [-0.25, -0.2) is 4.79 Å². The average molecular weight is 506 g/mol. The van der Waals surface area contributed by atoms with E-state index in [4.69, 9.17) is 14.2 Å². The molecule has 1 aromatic heterocycles. The van der Waals surface area contributed by atoms with Crippen molar-refractivity contribution in [1.82, 2.24) is 9.55 Å². The van der Waals surface area contributed by atoms with Crippen molar-refractivity contribution in [2.75, 3.05) is 31.2 Å². The summed E-state index contributed by atoms with van der Waals surface area (Å²) in [6.45, 7) is 8.07. The molecule has 194 valence electrons. The Morgan fingerprint density at radius 1 is 1.00 bits per heavy atom. The van der Waals surface area contributed by atoms with Crippen molar-refractivity contribution in [1.29, 1.82) is 0 Å². The molecule has 1 saturated heterocycles. The Bertz CT molecular complexity index is 1200. The maximum absolute atomic E-state index is 13.1. The number of hydrogen-bond acceptors (Lipinski definition) is 6. The average Bonchev–Trinajstić information content (AvgIpc) is 2.87. The van der Waals surface area contributed by atoms with Gasteiger partial charge in [0, 0.05) is 26.2 Å². The van der Waals surface area contributed by atoms with Crippen LogP contribution >= 0.6 is 0 Å². The number of hydrogen-bond donors (Lipinski definition) is 0. The Morgan fingerprint density at radius 3 is 2.28 bits per heavy atom. The fourth-order valence-electron chi connectivity index (χ4n) is 3.59. The van der Waals surface area contributed by atoms with E-state index in [1.807, 2.05) is 18.7 Å². The first kappa shape index (κ1) is 27.1. The van der Waals surface area contributed by atoms with Gasteiger partial charge in [0.1, 0.15) is 23.9 Å². The standard InChI is InChI=1S/C24H24F3N3O4.C2H6/c1-16-3-6-19(13-20(16)24(25,26)27)34-18-7-4-17(5-8-18)15-33-21-14-22(29(2)23(31)28-21)30-9-11-32-12-10-30;1-2/h3-8,13-14H,9-12,15H2,1-2H3;1-2H3. The first-order valence-corrected chi connectivity index (χ1v) is 11.7. The number of alkyl halides is 3. The van der Waals surface area contributed by atoms with Crippen molar-refractivity contribution in [3.63, 3.8) is 0 Å². The molecule has 36 heavy (non-hydrogen) atoms. The van der Waals surface area contributed by atoms with E-state index in [9.17, 15) is 18.0 Å². The van der Waals surface area contributed by atoms with E-state index in [0.717, 1.165) is 11.6 Å².